The molecule has 0 heterocycles. The van der Waals surface area contributed by atoms with Gasteiger partial charge in [-0.2, -0.15) is 0 Å². The maximum atomic E-state index is 10.5. The molecule has 12 heavy (non-hydrogen) atoms. The Hall–Kier alpha value is -1.06. The van der Waals surface area contributed by atoms with Gasteiger partial charge in [0.1, 0.15) is 0 Å². The lowest BCUT2D eigenvalue weighted by Crippen LogP contribution is -2.07. The summed E-state index contributed by atoms with van der Waals surface area (Å²) in [5.74, 6) is 0. The van der Waals surface area contributed by atoms with Crippen LogP contribution in [0.4, 0.5) is 4.79 Å². The number of carbonyl (C=O) groups excluding carboxylic acids is 1. The average molecular weight is 171 g/mol. The molecule has 0 aliphatic heterocycles. The maximum absolute atomic E-state index is 10.5. The molecule has 0 atom stereocenters. The zero-order valence-corrected chi connectivity index (χ0v) is 7.21. The van der Waals surface area contributed by atoms with E-state index in [0.29, 0.717) is 0 Å². The summed E-state index contributed by atoms with van der Waals surface area (Å²) in [5, 5.41) is 3.70. The van der Waals surface area contributed by atoms with Crippen molar-refractivity contribution in [2.45, 2.75) is 32.1 Å². The Bertz CT molecular complexity index is 181. The lowest BCUT2D eigenvalue weighted by molar-refractivity contribution is 0.0748. The van der Waals surface area contributed by atoms with Gasteiger partial charge in [-0.15, -0.1) is 0 Å². The van der Waals surface area contributed by atoms with Gasteiger partial charge in [0.05, 0.1) is 12.8 Å². The second-order valence-electron chi connectivity index (χ2n) is 2.76. The fraction of sp³-hybridized carbons (Fsp3) is 0.750. The smallest absolute Gasteiger partial charge is 0.436 e. The number of carbonyl (C=O) groups is 1. The van der Waals surface area contributed by atoms with Crippen molar-refractivity contribution in [3.05, 3.63) is 0 Å². The molecule has 1 rings (SSSR count). The van der Waals surface area contributed by atoms with E-state index in [0.717, 1.165) is 31.4 Å². The van der Waals surface area contributed by atoms with E-state index >= 15 is 0 Å². The molecule has 1 saturated carbocycles. The molecule has 0 spiro atoms. The summed E-state index contributed by atoms with van der Waals surface area (Å²) in [6.07, 6.45) is 4.67. The lowest BCUT2D eigenvalue weighted by atomic mass is 9.99. The molecule has 0 amide bonds. The van der Waals surface area contributed by atoms with Crippen molar-refractivity contribution in [1.29, 1.82) is 0 Å². The first-order chi connectivity index (χ1) is 5.83. The lowest BCUT2D eigenvalue weighted by Gasteiger charge is -2.10. The molecule has 1 aliphatic rings. The van der Waals surface area contributed by atoms with Gasteiger partial charge in [0.25, 0.3) is 0 Å². The van der Waals surface area contributed by atoms with Crippen LogP contribution in [0.5, 0.6) is 0 Å². The van der Waals surface area contributed by atoms with Crippen LogP contribution in [0.15, 0.2) is 5.16 Å². The highest BCUT2D eigenvalue weighted by Crippen LogP contribution is 2.14. The van der Waals surface area contributed by atoms with Crippen molar-refractivity contribution in [2.24, 2.45) is 5.16 Å². The largest absolute Gasteiger partial charge is 0.534 e. The van der Waals surface area contributed by atoms with Crippen LogP contribution in [0.3, 0.4) is 0 Å². The van der Waals surface area contributed by atoms with Crippen LogP contribution in [0.25, 0.3) is 0 Å². The average Bonchev–Trinajstić information content (AvgIpc) is 2.16. The SMILES string of the molecule is COC(=O)ON=C1CCCCC1. The number of hydrogen-bond acceptors (Lipinski definition) is 4. The van der Waals surface area contributed by atoms with E-state index in [-0.39, 0.29) is 0 Å². The molecular weight excluding hydrogens is 158 g/mol. The zero-order valence-electron chi connectivity index (χ0n) is 7.21. The molecule has 1 aliphatic carbocycles. The second kappa shape index (κ2) is 4.74. The summed E-state index contributed by atoms with van der Waals surface area (Å²) in [6, 6.07) is 0. The molecule has 0 radical (unpaired) electrons. The monoisotopic (exact) mass is 171 g/mol. The van der Waals surface area contributed by atoms with Gasteiger partial charge >= 0.3 is 6.16 Å². The number of rotatable bonds is 1. The van der Waals surface area contributed by atoms with Gasteiger partial charge in [0, 0.05) is 0 Å². The van der Waals surface area contributed by atoms with E-state index in [4.69, 9.17) is 0 Å². The van der Waals surface area contributed by atoms with Crippen molar-refractivity contribution in [1.82, 2.24) is 0 Å². The molecule has 1 fully saturated rings. The number of ether oxygens (including phenoxy) is 1. The number of hydrogen-bond donors (Lipinski definition) is 0. The second-order valence-corrected chi connectivity index (χ2v) is 2.76. The minimum Gasteiger partial charge on any atom is -0.436 e. The van der Waals surface area contributed by atoms with E-state index in [1.54, 1.807) is 0 Å². The first kappa shape index (κ1) is 9.03. The van der Waals surface area contributed by atoms with Crippen LogP contribution >= 0.6 is 0 Å². The summed E-state index contributed by atoms with van der Waals surface area (Å²) < 4.78 is 4.27. The fourth-order valence-corrected chi connectivity index (χ4v) is 1.19. The van der Waals surface area contributed by atoms with Crippen LogP contribution in [0.2, 0.25) is 0 Å². The highest BCUT2D eigenvalue weighted by atomic mass is 16.8. The Morgan fingerprint density at radius 3 is 2.58 bits per heavy atom. The van der Waals surface area contributed by atoms with E-state index < -0.39 is 6.16 Å². The van der Waals surface area contributed by atoms with E-state index in [1.807, 2.05) is 0 Å². The van der Waals surface area contributed by atoms with E-state index in [1.165, 1.54) is 13.5 Å². The topological polar surface area (TPSA) is 47.9 Å². The molecular formula is C8H13NO3. The molecule has 0 aromatic rings. The summed E-state index contributed by atoms with van der Waals surface area (Å²) in [6.45, 7) is 0. The fourth-order valence-electron chi connectivity index (χ4n) is 1.19. The Labute approximate surface area is 71.5 Å². The first-order valence-corrected chi connectivity index (χ1v) is 4.13. The summed E-state index contributed by atoms with van der Waals surface area (Å²) >= 11 is 0. The minimum atomic E-state index is -0.743. The van der Waals surface area contributed by atoms with Crippen LogP contribution in [0, 0.1) is 0 Å². The predicted octanol–water partition coefficient (Wildman–Crippen LogP) is 2.09. The summed E-state index contributed by atoms with van der Waals surface area (Å²) in [5.41, 5.74) is 0.964. The molecule has 0 N–H and O–H groups in total. The highest BCUT2D eigenvalue weighted by Gasteiger charge is 2.08. The van der Waals surface area contributed by atoms with Gasteiger partial charge < -0.3 is 4.74 Å². The Morgan fingerprint density at radius 2 is 2.00 bits per heavy atom. The van der Waals surface area contributed by atoms with Gasteiger partial charge in [0.2, 0.25) is 0 Å². The third kappa shape index (κ3) is 2.90. The number of methoxy groups -OCH3 is 1. The number of oxime groups is 1. The van der Waals surface area contributed by atoms with Crippen LogP contribution in [0.1, 0.15) is 32.1 Å². The molecule has 4 heteroatoms. The van der Waals surface area contributed by atoms with Crippen molar-refractivity contribution in [3.8, 4) is 0 Å². The number of nitrogens with zero attached hydrogens (tertiary/aromatic N) is 1. The van der Waals surface area contributed by atoms with Gasteiger partial charge in [-0.1, -0.05) is 11.6 Å². The predicted molar refractivity (Wildman–Crippen MR) is 44.0 cm³/mol. The molecule has 0 aromatic carbocycles. The van der Waals surface area contributed by atoms with Crippen molar-refractivity contribution in [2.75, 3.05) is 7.11 Å². The van der Waals surface area contributed by atoms with Crippen molar-refractivity contribution >= 4 is 11.9 Å². The van der Waals surface area contributed by atoms with Gasteiger partial charge in [-0.05, 0) is 25.7 Å². The van der Waals surface area contributed by atoms with E-state index in [9.17, 15) is 4.79 Å². The zero-order chi connectivity index (χ0) is 8.81. The highest BCUT2D eigenvalue weighted by molar-refractivity contribution is 5.84. The van der Waals surface area contributed by atoms with Gasteiger partial charge in [-0.25, -0.2) is 4.79 Å². The third-order valence-corrected chi connectivity index (χ3v) is 1.85. The quantitative estimate of drug-likeness (QED) is 0.345. The molecule has 0 aromatic heterocycles. The molecule has 0 unspecified atom stereocenters. The van der Waals surface area contributed by atoms with Gasteiger partial charge in [-0.3, -0.25) is 4.84 Å². The normalized spacial score (nSPS) is 16.9. The van der Waals surface area contributed by atoms with E-state index in [2.05, 4.69) is 14.7 Å². The Balaban J connectivity index is 2.29. The third-order valence-electron chi connectivity index (χ3n) is 1.85. The molecule has 68 valence electrons. The summed E-state index contributed by atoms with van der Waals surface area (Å²) in [4.78, 5) is 15.0. The molecule has 0 bridgehead atoms. The Morgan fingerprint density at radius 1 is 1.33 bits per heavy atom. The minimum absolute atomic E-state index is 0.743. The first-order valence-electron chi connectivity index (χ1n) is 4.13. The molecule has 4 nitrogen and oxygen atoms in total. The standard InChI is InChI=1S/C8H13NO3/c1-11-8(10)12-9-7-5-3-2-4-6-7/h2-6H2,1H3. The van der Waals surface area contributed by atoms with Crippen LogP contribution < -0.4 is 0 Å². The van der Waals surface area contributed by atoms with Crippen molar-refractivity contribution < 1.29 is 14.4 Å². The molecule has 0 saturated heterocycles. The van der Waals surface area contributed by atoms with Crippen LogP contribution in [-0.2, 0) is 9.57 Å². The maximum Gasteiger partial charge on any atom is 0.534 e. The van der Waals surface area contributed by atoms with Gasteiger partial charge in [0.15, 0.2) is 0 Å². The van der Waals surface area contributed by atoms with Crippen LogP contribution in [-0.4, -0.2) is 19.0 Å². The summed E-state index contributed by atoms with van der Waals surface area (Å²) in [7, 11) is 1.27. The van der Waals surface area contributed by atoms with Crippen molar-refractivity contribution in [3.63, 3.8) is 0 Å². The Kier molecular flexibility index (Phi) is 3.57.